The summed E-state index contributed by atoms with van der Waals surface area (Å²) in [5, 5.41) is 0. The second kappa shape index (κ2) is 5.57. The molecule has 22 heavy (non-hydrogen) atoms. The van der Waals surface area contributed by atoms with E-state index in [9.17, 15) is 9.59 Å². The lowest BCUT2D eigenvalue weighted by Gasteiger charge is -2.29. The molecular formula is C17H20N2O3. The van der Waals surface area contributed by atoms with E-state index in [1.54, 1.807) is 7.05 Å². The van der Waals surface area contributed by atoms with Crippen molar-refractivity contribution in [2.75, 3.05) is 33.4 Å². The molecule has 0 bridgehead atoms. The van der Waals surface area contributed by atoms with Crippen molar-refractivity contribution in [2.45, 2.75) is 13.8 Å². The van der Waals surface area contributed by atoms with E-state index in [0.717, 1.165) is 11.1 Å². The monoisotopic (exact) mass is 300 g/mol. The highest BCUT2D eigenvalue weighted by Gasteiger charge is 2.39. The van der Waals surface area contributed by atoms with Crippen LogP contribution in [0.1, 0.15) is 16.7 Å². The molecule has 1 saturated heterocycles. The van der Waals surface area contributed by atoms with Crippen molar-refractivity contribution in [1.29, 1.82) is 0 Å². The first kappa shape index (κ1) is 14.8. The van der Waals surface area contributed by atoms with Crippen molar-refractivity contribution < 1.29 is 14.3 Å². The van der Waals surface area contributed by atoms with E-state index in [0.29, 0.717) is 37.6 Å². The third-order valence-corrected chi connectivity index (χ3v) is 4.39. The summed E-state index contributed by atoms with van der Waals surface area (Å²) in [6, 6.07) is 5.89. The van der Waals surface area contributed by atoms with Crippen LogP contribution < -0.4 is 0 Å². The highest BCUT2D eigenvalue weighted by molar-refractivity contribution is 6.35. The minimum Gasteiger partial charge on any atom is -0.378 e. The standard InChI is InChI=1S/C17H20N2O3/c1-11-4-5-13(10-12(11)2)14-15(17(21)18(3)16(14)20)19-6-8-22-9-7-19/h4-5,10H,6-9H2,1-3H3. The number of carbonyl (C=O) groups is 2. The van der Waals surface area contributed by atoms with Crippen LogP contribution in [0.5, 0.6) is 0 Å². The number of aryl methyl sites for hydroxylation is 2. The minimum absolute atomic E-state index is 0.222. The van der Waals surface area contributed by atoms with Gasteiger partial charge >= 0.3 is 0 Å². The topological polar surface area (TPSA) is 49.9 Å². The molecule has 5 nitrogen and oxygen atoms in total. The summed E-state index contributed by atoms with van der Waals surface area (Å²) in [5.74, 6) is -0.449. The number of hydrogen-bond acceptors (Lipinski definition) is 4. The van der Waals surface area contributed by atoms with Crippen molar-refractivity contribution in [2.24, 2.45) is 0 Å². The van der Waals surface area contributed by atoms with Gasteiger partial charge in [-0.25, -0.2) is 0 Å². The molecule has 1 fully saturated rings. The molecule has 2 amide bonds. The molecular weight excluding hydrogens is 280 g/mol. The molecule has 0 saturated carbocycles. The van der Waals surface area contributed by atoms with Crippen molar-refractivity contribution >= 4 is 17.4 Å². The van der Waals surface area contributed by atoms with E-state index >= 15 is 0 Å². The SMILES string of the molecule is Cc1ccc(C2=C(N3CCOCC3)C(=O)N(C)C2=O)cc1C. The average Bonchev–Trinajstić information content (AvgIpc) is 2.75. The van der Waals surface area contributed by atoms with E-state index in [4.69, 9.17) is 4.74 Å². The van der Waals surface area contributed by atoms with Gasteiger partial charge in [0.25, 0.3) is 11.8 Å². The molecule has 1 aromatic rings. The maximum atomic E-state index is 12.6. The fourth-order valence-corrected chi connectivity index (χ4v) is 2.86. The molecule has 0 N–H and O–H groups in total. The summed E-state index contributed by atoms with van der Waals surface area (Å²) in [4.78, 5) is 28.2. The van der Waals surface area contributed by atoms with E-state index in [1.807, 2.05) is 36.9 Å². The van der Waals surface area contributed by atoms with Gasteiger partial charge in [0.15, 0.2) is 0 Å². The van der Waals surface area contributed by atoms with Crippen LogP contribution in [0.3, 0.4) is 0 Å². The normalized spacial score (nSPS) is 19.4. The number of carbonyl (C=O) groups excluding carboxylic acids is 2. The van der Waals surface area contributed by atoms with Gasteiger partial charge in [0, 0.05) is 20.1 Å². The van der Waals surface area contributed by atoms with E-state index in [-0.39, 0.29) is 11.8 Å². The third-order valence-electron chi connectivity index (χ3n) is 4.39. The second-order valence-electron chi connectivity index (χ2n) is 5.79. The third kappa shape index (κ3) is 2.31. The molecule has 0 radical (unpaired) electrons. The van der Waals surface area contributed by atoms with E-state index in [1.165, 1.54) is 10.5 Å². The van der Waals surface area contributed by atoms with Crippen LogP contribution in [0, 0.1) is 13.8 Å². The highest BCUT2D eigenvalue weighted by Crippen LogP contribution is 2.31. The summed E-state index contributed by atoms with van der Waals surface area (Å²) in [6.07, 6.45) is 0. The van der Waals surface area contributed by atoms with Gasteiger partial charge in [-0.15, -0.1) is 0 Å². The lowest BCUT2D eigenvalue weighted by molar-refractivity contribution is -0.136. The number of benzene rings is 1. The van der Waals surface area contributed by atoms with Crippen molar-refractivity contribution in [3.05, 3.63) is 40.6 Å². The predicted molar refractivity (Wildman–Crippen MR) is 83.0 cm³/mol. The van der Waals surface area contributed by atoms with E-state index in [2.05, 4.69) is 0 Å². The molecule has 116 valence electrons. The summed E-state index contributed by atoms with van der Waals surface area (Å²) in [5.41, 5.74) is 4.12. The van der Waals surface area contributed by atoms with Crippen molar-refractivity contribution in [1.82, 2.24) is 9.80 Å². The number of ether oxygens (including phenoxy) is 1. The van der Waals surface area contributed by atoms with Gasteiger partial charge in [0.05, 0.1) is 18.8 Å². The van der Waals surface area contributed by atoms with Gasteiger partial charge in [-0.2, -0.15) is 0 Å². The van der Waals surface area contributed by atoms with Gasteiger partial charge < -0.3 is 9.64 Å². The Balaban J connectivity index is 2.12. The first-order chi connectivity index (χ1) is 10.5. The Morgan fingerprint density at radius 3 is 2.32 bits per heavy atom. The maximum absolute atomic E-state index is 12.6. The van der Waals surface area contributed by atoms with E-state index < -0.39 is 0 Å². The van der Waals surface area contributed by atoms with Crippen LogP contribution in [-0.2, 0) is 14.3 Å². The Bertz CT molecular complexity index is 672. The van der Waals surface area contributed by atoms with Crippen molar-refractivity contribution in [3.63, 3.8) is 0 Å². The molecule has 5 heteroatoms. The molecule has 1 aromatic carbocycles. The highest BCUT2D eigenvalue weighted by atomic mass is 16.5. The van der Waals surface area contributed by atoms with Crippen molar-refractivity contribution in [3.8, 4) is 0 Å². The summed E-state index contributed by atoms with van der Waals surface area (Å²) in [6.45, 7) is 6.47. The summed E-state index contributed by atoms with van der Waals surface area (Å²) in [7, 11) is 1.54. The molecule has 0 unspecified atom stereocenters. The van der Waals surface area contributed by atoms with Gasteiger partial charge in [0.1, 0.15) is 5.70 Å². The number of morpholine rings is 1. The molecule has 0 aliphatic carbocycles. The van der Waals surface area contributed by atoms with Crippen LogP contribution >= 0.6 is 0 Å². The fraction of sp³-hybridized carbons (Fsp3) is 0.412. The average molecular weight is 300 g/mol. The number of nitrogens with zero attached hydrogens (tertiary/aromatic N) is 2. The van der Waals surface area contributed by atoms with Crippen LogP contribution in [0.4, 0.5) is 0 Å². The zero-order valence-electron chi connectivity index (χ0n) is 13.2. The minimum atomic E-state index is -0.227. The number of amides is 2. The molecule has 3 rings (SSSR count). The summed E-state index contributed by atoms with van der Waals surface area (Å²) >= 11 is 0. The molecule has 0 spiro atoms. The quantitative estimate of drug-likeness (QED) is 0.774. The molecule has 0 aromatic heterocycles. The van der Waals surface area contributed by atoms with Crippen LogP contribution in [0.15, 0.2) is 23.9 Å². The first-order valence-electron chi connectivity index (χ1n) is 7.47. The zero-order valence-corrected chi connectivity index (χ0v) is 13.2. The lowest BCUT2D eigenvalue weighted by atomic mass is 9.99. The second-order valence-corrected chi connectivity index (χ2v) is 5.79. The Hall–Kier alpha value is -2.14. The number of likely N-dealkylation sites (N-methyl/N-ethyl adjacent to an activating group) is 1. The van der Waals surface area contributed by atoms with Crippen LogP contribution in [-0.4, -0.2) is 55.0 Å². The number of hydrogen-bond donors (Lipinski definition) is 0. The zero-order chi connectivity index (χ0) is 15.9. The fourth-order valence-electron chi connectivity index (χ4n) is 2.86. The lowest BCUT2D eigenvalue weighted by Crippen LogP contribution is -2.39. The predicted octanol–water partition coefficient (Wildman–Crippen LogP) is 1.35. The molecule has 0 atom stereocenters. The molecule has 2 heterocycles. The van der Waals surface area contributed by atoms with Gasteiger partial charge in [-0.3, -0.25) is 14.5 Å². The Morgan fingerprint density at radius 1 is 1.00 bits per heavy atom. The maximum Gasteiger partial charge on any atom is 0.277 e. The van der Waals surface area contributed by atoms with Crippen LogP contribution in [0.2, 0.25) is 0 Å². The Morgan fingerprint density at radius 2 is 1.68 bits per heavy atom. The summed E-state index contributed by atoms with van der Waals surface area (Å²) < 4.78 is 5.35. The smallest absolute Gasteiger partial charge is 0.277 e. The van der Waals surface area contributed by atoms with Crippen LogP contribution in [0.25, 0.3) is 5.57 Å². The Labute approximate surface area is 130 Å². The van der Waals surface area contributed by atoms with Gasteiger partial charge in [-0.05, 0) is 30.5 Å². The first-order valence-corrected chi connectivity index (χ1v) is 7.47. The molecule has 2 aliphatic rings. The Kier molecular flexibility index (Phi) is 3.74. The number of rotatable bonds is 2. The number of imide groups is 1. The van der Waals surface area contributed by atoms with Gasteiger partial charge in [-0.1, -0.05) is 18.2 Å². The van der Waals surface area contributed by atoms with Gasteiger partial charge in [0.2, 0.25) is 0 Å². The molecule has 2 aliphatic heterocycles. The largest absolute Gasteiger partial charge is 0.378 e.